The van der Waals surface area contributed by atoms with Crippen LogP contribution in [0.5, 0.6) is 0 Å². The topological polar surface area (TPSA) is 45.2 Å². The summed E-state index contributed by atoms with van der Waals surface area (Å²) in [5.74, 6) is -0.0621. The van der Waals surface area contributed by atoms with Gasteiger partial charge in [0.25, 0.3) is 5.91 Å². The zero-order valence-electron chi connectivity index (χ0n) is 18.6. The third kappa shape index (κ3) is 4.46. The molecule has 1 aliphatic rings. The van der Waals surface area contributed by atoms with E-state index in [1.807, 2.05) is 54.4 Å². The Morgan fingerprint density at radius 2 is 1.74 bits per heavy atom. The number of nitrogens with one attached hydrogen (secondary N) is 1. The predicted octanol–water partition coefficient (Wildman–Crippen LogP) is 6.65. The molecule has 2 aromatic carbocycles. The summed E-state index contributed by atoms with van der Waals surface area (Å²) in [6.45, 7) is 0. The molecule has 1 N–H and O–H groups in total. The lowest BCUT2D eigenvalue weighted by atomic mass is 9.89. The standard InChI is InChI=1S/C26H24F3N3OS/c1-32(21-15-24(26(27,28)29)31-20-8-4-3-7-19(20)21)18-12-10-17(11-13-18)30-25(33)23-14-16-6-2-5-9-22(16)34-23/h2-9,14-15,17-18H,10-13H2,1H3,(H,30,33). The third-order valence-corrected chi connectivity index (χ3v) is 7.71. The van der Waals surface area contributed by atoms with E-state index < -0.39 is 11.9 Å². The normalized spacial score (nSPS) is 18.8. The van der Waals surface area contributed by atoms with Gasteiger partial charge >= 0.3 is 6.18 Å². The Balaban J connectivity index is 1.28. The number of aromatic nitrogens is 1. The summed E-state index contributed by atoms with van der Waals surface area (Å²) in [7, 11) is 1.85. The molecule has 1 saturated carbocycles. The second kappa shape index (κ2) is 8.91. The summed E-state index contributed by atoms with van der Waals surface area (Å²) in [4.78, 5) is 19.2. The first-order valence-electron chi connectivity index (χ1n) is 11.3. The van der Waals surface area contributed by atoms with Gasteiger partial charge in [-0.15, -0.1) is 11.3 Å². The van der Waals surface area contributed by atoms with Crippen molar-refractivity contribution in [3.8, 4) is 0 Å². The van der Waals surface area contributed by atoms with Crippen LogP contribution in [0, 0.1) is 0 Å². The minimum atomic E-state index is -4.51. The number of thiophene rings is 1. The second-order valence-electron chi connectivity index (χ2n) is 8.78. The summed E-state index contributed by atoms with van der Waals surface area (Å²) < 4.78 is 41.5. The summed E-state index contributed by atoms with van der Waals surface area (Å²) in [5, 5.41) is 4.92. The summed E-state index contributed by atoms with van der Waals surface area (Å²) in [6.07, 6.45) is -1.38. The highest BCUT2D eigenvalue weighted by Gasteiger charge is 2.34. The molecule has 0 radical (unpaired) electrons. The van der Waals surface area contributed by atoms with Crippen molar-refractivity contribution < 1.29 is 18.0 Å². The van der Waals surface area contributed by atoms with Crippen LogP contribution in [0.4, 0.5) is 18.9 Å². The van der Waals surface area contributed by atoms with E-state index in [4.69, 9.17) is 0 Å². The van der Waals surface area contributed by atoms with Crippen LogP contribution in [0.1, 0.15) is 41.0 Å². The Bertz CT molecular complexity index is 1310. The van der Waals surface area contributed by atoms with E-state index in [9.17, 15) is 18.0 Å². The van der Waals surface area contributed by atoms with Crippen molar-refractivity contribution in [1.82, 2.24) is 10.3 Å². The maximum Gasteiger partial charge on any atom is 0.433 e. The van der Waals surface area contributed by atoms with E-state index in [1.54, 1.807) is 12.1 Å². The number of benzene rings is 2. The van der Waals surface area contributed by atoms with Crippen LogP contribution in [0.2, 0.25) is 0 Å². The molecule has 5 rings (SSSR count). The van der Waals surface area contributed by atoms with E-state index in [1.165, 1.54) is 11.3 Å². The number of nitrogens with zero attached hydrogens (tertiary/aromatic N) is 2. The molecular weight excluding hydrogens is 459 g/mol. The fraction of sp³-hybridized carbons (Fsp3) is 0.308. The van der Waals surface area contributed by atoms with Crippen LogP contribution < -0.4 is 10.2 Å². The van der Waals surface area contributed by atoms with Gasteiger partial charge in [0.2, 0.25) is 0 Å². The Morgan fingerprint density at radius 1 is 1.03 bits per heavy atom. The van der Waals surface area contributed by atoms with E-state index in [0.717, 1.165) is 41.8 Å². The Morgan fingerprint density at radius 3 is 2.47 bits per heavy atom. The van der Waals surface area contributed by atoms with Crippen molar-refractivity contribution in [2.45, 2.75) is 43.9 Å². The fourth-order valence-corrected chi connectivity index (χ4v) is 5.71. The average Bonchev–Trinajstić information content (AvgIpc) is 3.27. The fourth-order valence-electron chi connectivity index (χ4n) is 4.75. The molecule has 34 heavy (non-hydrogen) atoms. The maximum atomic E-state index is 13.5. The zero-order valence-corrected chi connectivity index (χ0v) is 19.4. The first kappa shape index (κ1) is 22.7. The lowest BCUT2D eigenvalue weighted by molar-refractivity contribution is -0.140. The van der Waals surface area contributed by atoms with Crippen LogP contribution in [0.15, 0.2) is 60.7 Å². The number of pyridine rings is 1. The van der Waals surface area contributed by atoms with Crippen LogP contribution in [0.3, 0.4) is 0 Å². The number of carbonyl (C=O) groups is 1. The minimum absolute atomic E-state index is 0.0577. The molecule has 2 aromatic heterocycles. The molecule has 8 heteroatoms. The number of rotatable bonds is 4. The SMILES string of the molecule is CN(c1cc(C(F)(F)F)nc2ccccc12)C1CCC(NC(=O)c2cc3ccccc3s2)CC1. The summed E-state index contributed by atoms with van der Waals surface area (Å²) in [6, 6.07) is 18.1. The number of alkyl halides is 3. The second-order valence-corrected chi connectivity index (χ2v) is 9.86. The molecule has 1 fully saturated rings. The average molecular weight is 484 g/mol. The van der Waals surface area contributed by atoms with Crippen LogP contribution in [-0.4, -0.2) is 30.0 Å². The molecular formula is C26H24F3N3OS. The van der Waals surface area contributed by atoms with E-state index in [-0.39, 0.29) is 18.0 Å². The molecule has 0 spiro atoms. The lowest BCUT2D eigenvalue weighted by Crippen LogP contribution is -2.42. The van der Waals surface area contributed by atoms with Crippen molar-refractivity contribution in [2.75, 3.05) is 11.9 Å². The van der Waals surface area contributed by atoms with Gasteiger partial charge in [-0.25, -0.2) is 4.98 Å². The molecule has 4 nitrogen and oxygen atoms in total. The van der Waals surface area contributed by atoms with Gasteiger partial charge in [-0.2, -0.15) is 13.2 Å². The quantitative estimate of drug-likeness (QED) is 0.354. The number of fused-ring (bicyclic) bond motifs is 2. The smallest absolute Gasteiger partial charge is 0.371 e. The van der Waals surface area contributed by atoms with Gasteiger partial charge in [0.05, 0.1) is 10.4 Å². The van der Waals surface area contributed by atoms with Crippen LogP contribution >= 0.6 is 11.3 Å². The third-order valence-electron chi connectivity index (χ3n) is 6.59. The van der Waals surface area contributed by atoms with E-state index in [2.05, 4.69) is 10.3 Å². The lowest BCUT2D eigenvalue weighted by Gasteiger charge is -2.36. The van der Waals surface area contributed by atoms with Gasteiger partial charge in [-0.1, -0.05) is 36.4 Å². The molecule has 2 heterocycles. The Kier molecular flexibility index (Phi) is 5.93. The van der Waals surface area contributed by atoms with Gasteiger partial charge < -0.3 is 10.2 Å². The van der Waals surface area contributed by atoms with Crippen molar-refractivity contribution in [2.24, 2.45) is 0 Å². The monoisotopic (exact) mass is 483 g/mol. The molecule has 4 aromatic rings. The van der Waals surface area contributed by atoms with Crippen molar-refractivity contribution in [3.05, 3.63) is 71.2 Å². The number of halogens is 3. The molecule has 1 amide bonds. The van der Waals surface area contributed by atoms with Crippen LogP contribution in [0.25, 0.3) is 21.0 Å². The Labute approximate surface area is 199 Å². The number of para-hydroxylation sites is 1. The number of hydrogen-bond donors (Lipinski definition) is 1. The highest BCUT2D eigenvalue weighted by Crippen LogP contribution is 2.36. The summed E-state index contributed by atoms with van der Waals surface area (Å²) in [5.41, 5.74) is -0.00326. The summed E-state index contributed by atoms with van der Waals surface area (Å²) >= 11 is 1.48. The molecule has 1 aliphatic carbocycles. The highest BCUT2D eigenvalue weighted by atomic mass is 32.1. The highest BCUT2D eigenvalue weighted by molar-refractivity contribution is 7.20. The van der Waals surface area contributed by atoms with Crippen molar-refractivity contribution in [3.63, 3.8) is 0 Å². The first-order chi connectivity index (χ1) is 16.3. The van der Waals surface area contributed by atoms with Gasteiger partial charge in [0.15, 0.2) is 0 Å². The van der Waals surface area contributed by atoms with Gasteiger partial charge in [0, 0.05) is 34.9 Å². The van der Waals surface area contributed by atoms with Crippen molar-refractivity contribution >= 4 is 43.9 Å². The van der Waals surface area contributed by atoms with E-state index in [0.29, 0.717) is 21.5 Å². The Hall–Kier alpha value is -3.13. The van der Waals surface area contributed by atoms with Crippen molar-refractivity contribution in [1.29, 1.82) is 0 Å². The molecule has 0 bridgehead atoms. The predicted molar refractivity (Wildman–Crippen MR) is 130 cm³/mol. The molecule has 176 valence electrons. The maximum absolute atomic E-state index is 13.5. The minimum Gasteiger partial charge on any atom is -0.371 e. The molecule has 0 saturated heterocycles. The van der Waals surface area contributed by atoms with Gasteiger partial charge in [-0.3, -0.25) is 4.79 Å². The zero-order chi connectivity index (χ0) is 23.9. The number of anilines is 1. The molecule has 0 aliphatic heterocycles. The first-order valence-corrected chi connectivity index (χ1v) is 12.1. The van der Waals surface area contributed by atoms with Gasteiger partial charge in [-0.05, 0) is 55.3 Å². The number of hydrogen-bond acceptors (Lipinski definition) is 4. The van der Waals surface area contributed by atoms with E-state index >= 15 is 0 Å². The van der Waals surface area contributed by atoms with Crippen LogP contribution in [-0.2, 0) is 6.18 Å². The number of amides is 1. The molecule has 0 unspecified atom stereocenters. The van der Waals surface area contributed by atoms with Gasteiger partial charge in [0.1, 0.15) is 5.69 Å². The largest absolute Gasteiger partial charge is 0.433 e. The molecule has 0 atom stereocenters. The number of carbonyl (C=O) groups excluding carboxylic acids is 1.